The number of alkyl halides is 3. The van der Waals surface area contributed by atoms with E-state index < -0.39 is 22.6 Å². The Morgan fingerprint density at radius 3 is 2.47 bits per heavy atom. The van der Waals surface area contributed by atoms with E-state index in [1.807, 2.05) is 0 Å². The van der Waals surface area contributed by atoms with Crippen LogP contribution >= 0.6 is 15.9 Å². The summed E-state index contributed by atoms with van der Waals surface area (Å²) in [5, 5.41) is 9.28. The average molecular weight is 279 g/mol. The summed E-state index contributed by atoms with van der Waals surface area (Å²) in [5.74, 6) is -0.646. The van der Waals surface area contributed by atoms with E-state index in [1.165, 1.54) is 19.1 Å². The Bertz CT molecular complexity index is 380. The Balaban J connectivity index is 3.06. The molecule has 0 bridgehead atoms. The van der Waals surface area contributed by atoms with Crippen molar-refractivity contribution in [2.75, 3.05) is 0 Å². The maximum absolute atomic E-state index is 12.3. The number of phenols is 1. The quantitative estimate of drug-likeness (QED) is 0.861. The number of hydrogen-bond acceptors (Lipinski definition) is 2. The van der Waals surface area contributed by atoms with Crippen molar-refractivity contribution in [1.82, 2.24) is 0 Å². The van der Waals surface area contributed by atoms with Crippen molar-refractivity contribution in [3.63, 3.8) is 0 Å². The van der Waals surface area contributed by atoms with Gasteiger partial charge >= 0.3 is 0 Å². The Hall–Kier alpha value is -0.970. The second-order valence-electron chi connectivity index (χ2n) is 3.09. The van der Waals surface area contributed by atoms with Crippen LogP contribution in [0, 0.1) is 0 Å². The van der Waals surface area contributed by atoms with Gasteiger partial charge in [0.05, 0.1) is 10.4 Å². The summed E-state index contributed by atoms with van der Waals surface area (Å²) in [6, 6.07) is 3.68. The van der Waals surface area contributed by atoms with Gasteiger partial charge in [0.15, 0.2) is 0 Å². The van der Waals surface area contributed by atoms with Crippen molar-refractivity contribution in [3.8, 4) is 5.75 Å². The third-order valence-corrected chi connectivity index (χ3v) is 3.11. The number of rotatable bonds is 3. The van der Waals surface area contributed by atoms with Crippen LogP contribution in [0.15, 0.2) is 18.2 Å². The number of Topliss-reactive ketones (excluding diaryl/α,β-unsaturated/α-hetero) is 1. The molecular formula is C10H9BrF2O2. The molecular weight excluding hydrogens is 270 g/mol. The topological polar surface area (TPSA) is 37.3 Å². The Morgan fingerprint density at radius 2 is 2.07 bits per heavy atom. The van der Waals surface area contributed by atoms with Crippen LogP contribution in [0.25, 0.3) is 0 Å². The first-order chi connectivity index (χ1) is 6.93. The van der Waals surface area contributed by atoms with E-state index in [9.17, 15) is 18.7 Å². The molecule has 0 heterocycles. The van der Waals surface area contributed by atoms with Gasteiger partial charge in [-0.25, -0.2) is 8.78 Å². The lowest BCUT2D eigenvalue weighted by molar-refractivity contribution is -0.116. The molecule has 0 spiro atoms. The van der Waals surface area contributed by atoms with Gasteiger partial charge in [-0.05, 0) is 24.6 Å². The zero-order valence-electron chi connectivity index (χ0n) is 7.88. The number of halogens is 3. The van der Waals surface area contributed by atoms with Gasteiger partial charge in [0, 0.05) is 0 Å². The van der Waals surface area contributed by atoms with E-state index in [0.717, 1.165) is 6.07 Å². The monoisotopic (exact) mass is 278 g/mol. The number of hydrogen-bond donors (Lipinski definition) is 1. The minimum Gasteiger partial charge on any atom is -0.507 e. The summed E-state index contributed by atoms with van der Waals surface area (Å²) < 4.78 is 24.6. The zero-order chi connectivity index (χ0) is 11.6. The summed E-state index contributed by atoms with van der Waals surface area (Å²) in [4.78, 5) is 10.4. The fourth-order valence-electron chi connectivity index (χ4n) is 1.14. The molecule has 0 radical (unpaired) electrons. The number of phenolic OH excluding ortho intramolecular Hbond substituents is 1. The maximum Gasteiger partial charge on any atom is 0.267 e. The molecule has 1 unspecified atom stereocenters. The summed E-state index contributed by atoms with van der Waals surface area (Å²) in [7, 11) is 0. The minimum absolute atomic E-state index is 0.154. The largest absolute Gasteiger partial charge is 0.507 e. The fourth-order valence-corrected chi connectivity index (χ4v) is 1.42. The average Bonchev–Trinajstić information content (AvgIpc) is 2.15. The van der Waals surface area contributed by atoms with Crippen LogP contribution in [0.1, 0.15) is 29.3 Å². The molecule has 1 aromatic rings. The SMILES string of the molecule is CC(=O)C(Br)c1ccc(C(F)F)c(O)c1. The predicted octanol–water partition coefficient (Wildman–Crippen LogP) is 3.35. The normalized spacial score (nSPS) is 12.9. The smallest absolute Gasteiger partial charge is 0.267 e. The molecule has 2 nitrogen and oxygen atoms in total. The Morgan fingerprint density at radius 1 is 1.47 bits per heavy atom. The lowest BCUT2D eigenvalue weighted by Gasteiger charge is -2.09. The molecule has 0 aliphatic heterocycles. The highest BCUT2D eigenvalue weighted by atomic mass is 79.9. The van der Waals surface area contributed by atoms with Crippen molar-refractivity contribution in [2.45, 2.75) is 18.2 Å². The number of benzene rings is 1. The van der Waals surface area contributed by atoms with E-state index in [0.29, 0.717) is 5.56 Å². The summed E-state index contributed by atoms with van der Waals surface area (Å²) in [6.45, 7) is 1.37. The molecule has 1 atom stereocenters. The van der Waals surface area contributed by atoms with Crippen LogP contribution in [0.2, 0.25) is 0 Å². The van der Waals surface area contributed by atoms with Crippen molar-refractivity contribution in [2.24, 2.45) is 0 Å². The number of carbonyl (C=O) groups excluding carboxylic acids is 1. The van der Waals surface area contributed by atoms with E-state index in [2.05, 4.69) is 15.9 Å². The molecule has 1 aromatic carbocycles. The maximum atomic E-state index is 12.3. The van der Waals surface area contributed by atoms with E-state index in [1.54, 1.807) is 0 Å². The van der Waals surface area contributed by atoms with Crippen molar-refractivity contribution >= 4 is 21.7 Å². The van der Waals surface area contributed by atoms with Crippen LogP contribution < -0.4 is 0 Å². The molecule has 5 heteroatoms. The third kappa shape index (κ3) is 2.75. The van der Waals surface area contributed by atoms with Gasteiger partial charge in [0.2, 0.25) is 0 Å². The van der Waals surface area contributed by atoms with Crippen molar-refractivity contribution < 1.29 is 18.7 Å². The number of ketones is 1. The van der Waals surface area contributed by atoms with Crippen molar-refractivity contribution in [1.29, 1.82) is 0 Å². The van der Waals surface area contributed by atoms with Gasteiger partial charge in [-0.15, -0.1) is 0 Å². The molecule has 0 aliphatic rings. The molecule has 1 rings (SSSR count). The highest BCUT2D eigenvalue weighted by Gasteiger charge is 2.17. The number of aromatic hydroxyl groups is 1. The van der Waals surface area contributed by atoms with E-state index in [4.69, 9.17) is 0 Å². The second-order valence-corrected chi connectivity index (χ2v) is 4.01. The zero-order valence-corrected chi connectivity index (χ0v) is 9.46. The lowest BCUT2D eigenvalue weighted by Crippen LogP contribution is -2.01. The summed E-state index contributed by atoms with van der Waals surface area (Å²) in [6.07, 6.45) is -2.72. The fraction of sp³-hybridized carbons (Fsp3) is 0.300. The second kappa shape index (κ2) is 4.70. The first-order valence-corrected chi connectivity index (χ1v) is 5.10. The van der Waals surface area contributed by atoms with Crippen LogP contribution in [0.4, 0.5) is 8.78 Å². The van der Waals surface area contributed by atoms with E-state index in [-0.39, 0.29) is 5.78 Å². The van der Waals surface area contributed by atoms with Gasteiger partial charge in [-0.2, -0.15) is 0 Å². The standard InChI is InChI=1S/C10H9BrF2O2/c1-5(14)9(11)6-2-3-7(10(12)13)8(15)4-6/h2-4,9-10,15H,1H3. The summed E-state index contributed by atoms with van der Waals surface area (Å²) >= 11 is 3.10. The predicted molar refractivity (Wildman–Crippen MR) is 55.4 cm³/mol. The van der Waals surface area contributed by atoms with Crippen LogP contribution in [-0.4, -0.2) is 10.9 Å². The van der Waals surface area contributed by atoms with Crippen LogP contribution in [-0.2, 0) is 4.79 Å². The van der Waals surface area contributed by atoms with E-state index >= 15 is 0 Å². The summed E-state index contributed by atoms with van der Waals surface area (Å²) in [5.41, 5.74) is 0.0337. The van der Waals surface area contributed by atoms with Crippen LogP contribution in [0.5, 0.6) is 5.75 Å². The first kappa shape index (κ1) is 12.1. The molecule has 0 fully saturated rings. The molecule has 1 N–H and O–H groups in total. The van der Waals surface area contributed by atoms with Gasteiger partial charge in [0.25, 0.3) is 6.43 Å². The van der Waals surface area contributed by atoms with Gasteiger partial charge in [-0.1, -0.05) is 22.0 Å². The molecule has 0 amide bonds. The Labute approximate surface area is 94.0 Å². The molecule has 0 saturated carbocycles. The molecule has 0 aromatic heterocycles. The molecule has 15 heavy (non-hydrogen) atoms. The van der Waals surface area contributed by atoms with Crippen LogP contribution in [0.3, 0.4) is 0 Å². The molecule has 82 valence electrons. The number of carbonyl (C=O) groups is 1. The van der Waals surface area contributed by atoms with Gasteiger partial charge in [0.1, 0.15) is 11.5 Å². The molecule has 0 saturated heterocycles. The van der Waals surface area contributed by atoms with Gasteiger partial charge in [-0.3, -0.25) is 4.79 Å². The minimum atomic E-state index is -2.72. The van der Waals surface area contributed by atoms with Crippen molar-refractivity contribution in [3.05, 3.63) is 29.3 Å². The Kier molecular flexibility index (Phi) is 3.79. The highest BCUT2D eigenvalue weighted by molar-refractivity contribution is 9.09. The first-order valence-electron chi connectivity index (χ1n) is 4.19. The lowest BCUT2D eigenvalue weighted by atomic mass is 10.1. The van der Waals surface area contributed by atoms with Gasteiger partial charge < -0.3 is 5.11 Å². The third-order valence-electron chi connectivity index (χ3n) is 1.94. The molecule has 0 aliphatic carbocycles. The highest BCUT2D eigenvalue weighted by Crippen LogP contribution is 2.33.